The van der Waals surface area contributed by atoms with Gasteiger partial charge < -0.3 is 10.5 Å². The minimum atomic E-state index is -4.48. The summed E-state index contributed by atoms with van der Waals surface area (Å²) in [6.45, 7) is 1.96. The third-order valence-corrected chi connectivity index (χ3v) is 4.07. The van der Waals surface area contributed by atoms with E-state index in [1.54, 1.807) is 6.07 Å². The van der Waals surface area contributed by atoms with E-state index in [-0.39, 0.29) is 17.3 Å². The average molecular weight is 348 g/mol. The zero-order valence-corrected chi connectivity index (χ0v) is 13.3. The number of halogens is 3. The molecule has 0 saturated carbocycles. The Hall–Kier alpha value is -2.95. The van der Waals surface area contributed by atoms with Crippen LogP contribution in [0.1, 0.15) is 41.6 Å². The van der Waals surface area contributed by atoms with E-state index in [0.717, 1.165) is 24.2 Å². The fourth-order valence-electron chi connectivity index (χ4n) is 2.98. The molecule has 130 valence electrons. The van der Waals surface area contributed by atoms with Crippen molar-refractivity contribution in [3.8, 4) is 11.9 Å². The number of benzene rings is 1. The van der Waals surface area contributed by atoms with Gasteiger partial charge in [-0.1, -0.05) is 31.5 Å². The number of nitrogens with one attached hydrogen (secondary N) is 1. The Bertz CT molecular complexity index is 877. The Balaban J connectivity index is 2.20. The lowest BCUT2D eigenvalue weighted by Gasteiger charge is -2.24. The van der Waals surface area contributed by atoms with E-state index in [2.05, 4.69) is 10.2 Å². The highest BCUT2D eigenvalue weighted by Crippen LogP contribution is 2.44. The number of aryl methyl sites for hydroxylation is 1. The number of fused-ring (bicyclic) bond motifs is 1. The van der Waals surface area contributed by atoms with Crippen LogP contribution in [0.25, 0.3) is 0 Å². The topological polar surface area (TPSA) is 87.7 Å². The normalized spacial score (nSPS) is 17.0. The van der Waals surface area contributed by atoms with Gasteiger partial charge in [-0.3, -0.25) is 5.10 Å². The van der Waals surface area contributed by atoms with Crippen LogP contribution < -0.4 is 10.5 Å². The molecule has 0 fully saturated rings. The summed E-state index contributed by atoms with van der Waals surface area (Å²) in [5.41, 5.74) is 6.69. The smallest absolute Gasteiger partial charge is 0.416 e. The van der Waals surface area contributed by atoms with E-state index < -0.39 is 17.7 Å². The van der Waals surface area contributed by atoms with Crippen molar-refractivity contribution in [3.05, 3.63) is 58.1 Å². The van der Waals surface area contributed by atoms with Crippen molar-refractivity contribution < 1.29 is 17.9 Å². The number of alkyl halides is 3. The lowest BCUT2D eigenvalue weighted by molar-refractivity contribution is -0.137. The van der Waals surface area contributed by atoms with Gasteiger partial charge in [-0.05, 0) is 18.1 Å². The van der Waals surface area contributed by atoms with Crippen LogP contribution in [-0.2, 0) is 12.6 Å². The van der Waals surface area contributed by atoms with E-state index >= 15 is 0 Å². The molecule has 0 bridgehead atoms. The predicted octanol–water partition coefficient (Wildman–Crippen LogP) is 3.60. The number of hydrogen-bond donors (Lipinski definition) is 2. The largest absolute Gasteiger partial charge is 0.420 e. The molecule has 0 spiro atoms. The van der Waals surface area contributed by atoms with Crippen LogP contribution in [0, 0.1) is 11.3 Å². The molecule has 2 aromatic rings. The standard InChI is InChI=1S/C17H15F3N4O/c1-2-4-12-14-13(9-5-3-6-10(7-9)17(18,19)20)11(8-21)15(22)25-16(14)24-23-12/h3,5-7,13H,2,4,22H2,1H3,(H,23,24)/t13-/m0/s1. The van der Waals surface area contributed by atoms with Gasteiger partial charge in [0.15, 0.2) is 0 Å². The second-order valence-corrected chi connectivity index (χ2v) is 5.72. The van der Waals surface area contributed by atoms with Gasteiger partial charge >= 0.3 is 6.18 Å². The Morgan fingerprint density at radius 2 is 2.16 bits per heavy atom. The first kappa shape index (κ1) is 16.9. The van der Waals surface area contributed by atoms with Crippen LogP contribution in [0.3, 0.4) is 0 Å². The van der Waals surface area contributed by atoms with Gasteiger partial charge in [0.2, 0.25) is 11.8 Å². The summed E-state index contributed by atoms with van der Waals surface area (Å²) >= 11 is 0. The molecule has 25 heavy (non-hydrogen) atoms. The second kappa shape index (κ2) is 6.16. The fraction of sp³-hybridized carbons (Fsp3) is 0.294. The SMILES string of the molecule is CCCc1[nH]nc2c1[C@@H](c1cccc(C(F)(F)F)c1)C(C#N)=C(N)O2. The first-order chi connectivity index (χ1) is 11.9. The maximum atomic E-state index is 13.1. The number of rotatable bonds is 3. The molecule has 5 nitrogen and oxygen atoms in total. The maximum Gasteiger partial charge on any atom is 0.416 e. The summed E-state index contributed by atoms with van der Waals surface area (Å²) in [6.07, 6.45) is -3.06. The van der Waals surface area contributed by atoms with Crippen molar-refractivity contribution in [2.24, 2.45) is 5.73 Å². The molecule has 8 heteroatoms. The molecule has 1 aliphatic rings. The molecule has 1 atom stereocenters. The molecule has 0 unspecified atom stereocenters. The predicted molar refractivity (Wildman–Crippen MR) is 83.3 cm³/mol. The number of ether oxygens (including phenoxy) is 1. The highest BCUT2D eigenvalue weighted by atomic mass is 19.4. The van der Waals surface area contributed by atoms with E-state index in [9.17, 15) is 18.4 Å². The van der Waals surface area contributed by atoms with Crippen molar-refractivity contribution >= 4 is 0 Å². The molecular weight excluding hydrogens is 333 g/mol. The molecular formula is C17H15F3N4O. The summed E-state index contributed by atoms with van der Waals surface area (Å²) in [4.78, 5) is 0. The van der Waals surface area contributed by atoms with Crippen LogP contribution >= 0.6 is 0 Å². The van der Waals surface area contributed by atoms with E-state index in [4.69, 9.17) is 10.5 Å². The molecule has 2 heterocycles. The highest BCUT2D eigenvalue weighted by Gasteiger charge is 2.37. The number of aromatic nitrogens is 2. The van der Waals surface area contributed by atoms with Gasteiger partial charge in [-0.15, -0.1) is 5.10 Å². The van der Waals surface area contributed by atoms with Crippen molar-refractivity contribution in [2.75, 3.05) is 0 Å². The Kier molecular flexibility index (Phi) is 4.17. The van der Waals surface area contributed by atoms with Crippen LogP contribution in [0.4, 0.5) is 13.2 Å². The number of H-pyrrole nitrogens is 1. The highest BCUT2D eigenvalue weighted by molar-refractivity contribution is 5.55. The van der Waals surface area contributed by atoms with Crippen molar-refractivity contribution in [2.45, 2.75) is 31.9 Å². The first-order valence-electron chi connectivity index (χ1n) is 7.68. The zero-order valence-electron chi connectivity index (χ0n) is 13.3. The molecule has 3 N–H and O–H groups in total. The molecule has 1 aliphatic heterocycles. The number of allylic oxidation sites excluding steroid dienone is 1. The number of nitriles is 1. The molecule has 1 aromatic carbocycles. The van der Waals surface area contributed by atoms with Crippen molar-refractivity contribution in [1.29, 1.82) is 5.26 Å². The van der Waals surface area contributed by atoms with E-state index in [0.29, 0.717) is 17.5 Å². The fourth-order valence-corrected chi connectivity index (χ4v) is 2.98. The number of nitrogens with zero attached hydrogens (tertiary/aromatic N) is 2. The Morgan fingerprint density at radius 3 is 2.80 bits per heavy atom. The summed E-state index contributed by atoms with van der Waals surface area (Å²) in [5, 5.41) is 16.4. The van der Waals surface area contributed by atoms with Gasteiger partial charge in [0.25, 0.3) is 0 Å². The Labute approximate surface area is 141 Å². The molecule has 0 aliphatic carbocycles. The summed E-state index contributed by atoms with van der Waals surface area (Å²) < 4.78 is 44.6. The molecule has 0 saturated heterocycles. The maximum absolute atomic E-state index is 13.1. The molecule has 0 radical (unpaired) electrons. The van der Waals surface area contributed by atoms with Gasteiger partial charge in [-0.2, -0.15) is 18.4 Å². The quantitative estimate of drug-likeness (QED) is 0.887. The Morgan fingerprint density at radius 1 is 1.40 bits per heavy atom. The van der Waals surface area contributed by atoms with E-state index in [1.165, 1.54) is 6.07 Å². The van der Waals surface area contributed by atoms with Gasteiger partial charge in [0, 0.05) is 11.3 Å². The monoisotopic (exact) mass is 348 g/mol. The van der Waals surface area contributed by atoms with E-state index in [1.807, 2.05) is 13.0 Å². The van der Waals surface area contributed by atoms with Crippen LogP contribution in [-0.4, -0.2) is 10.2 Å². The zero-order chi connectivity index (χ0) is 18.2. The summed E-state index contributed by atoms with van der Waals surface area (Å²) in [6, 6.07) is 6.85. The third kappa shape index (κ3) is 2.93. The molecule has 1 aromatic heterocycles. The average Bonchev–Trinajstić information content (AvgIpc) is 2.95. The number of aromatic amines is 1. The first-order valence-corrected chi connectivity index (χ1v) is 7.68. The summed E-state index contributed by atoms with van der Waals surface area (Å²) in [5.74, 6) is -0.703. The van der Waals surface area contributed by atoms with Crippen LogP contribution in [0.15, 0.2) is 35.7 Å². The van der Waals surface area contributed by atoms with Crippen LogP contribution in [0.2, 0.25) is 0 Å². The number of hydrogen-bond acceptors (Lipinski definition) is 4. The van der Waals surface area contributed by atoms with Crippen LogP contribution in [0.5, 0.6) is 5.88 Å². The van der Waals surface area contributed by atoms with Gasteiger partial charge in [0.05, 0.1) is 11.5 Å². The molecule has 3 rings (SSSR count). The second-order valence-electron chi connectivity index (χ2n) is 5.72. The van der Waals surface area contributed by atoms with Crippen molar-refractivity contribution in [3.63, 3.8) is 0 Å². The summed E-state index contributed by atoms with van der Waals surface area (Å²) in [7, 11) is 0. The van der Waals surface area contributed by atoms with Crippen molar-refractivity contribution in [1.82, 2.24) is 10.2 Å². The lowest BCUT2D eigenvalue weighted by Crippen LogP contribution is -2.21. The minimum Gasteiger partial charge on any atom is -0.420 e. The van der Waals surface area contributed by atoms with Gasteiger partial charge in [0.1, 0.15) is 11.6 Å². The molecule has 0 amide bonds. The lowest BCUT2D eigenvalue weighted by atomic mass is 9.83. The van der Waals surface area contributed by atoms with Gasteiger partial charge in [-0.25, -0.2) is 0 Å². The minimum absolute atomic E-state index is 0.0746. The third-order valence-electron chi connectivity index (χ3n) is 4.07. The number of nitrogens with two attached hydrogens (primary N) is 1.